The van der Waals surface area contributed by atoms with Crippen molar-refractivity contribution in [2.24, 2.45) is 0 Å². The van der Waals surface area contributed by atoms with Crippen molar-refractivity contribution in [2.75, 3.05) is 0 Å². The molecule has 0 saturated heterocycles. The first kappa shape index (κ1) is 16.2. The number of halogens is 1. The predicted molar refractivity (Wildman–Crippen MR) is 90.8 cm³/mol. The zero-order chi connectivity index (χ0) is 17.2. The van der Waals surface area contributed by atoms with Gasteiger partial charge in [-0.15, -0.1) is 0 Å². The Morgan fingerprint density at radius 2 is 1.54 bits per heavy atom. The molecule has 0 amide bonds. The van der Waals surface area contributed by atoms with Crippen LogP contribution in [-0.4, -0.2) is 8.42 Å². The smallest absolute Gasteiger partial charge is 0.339 e. The van der Waals surface area contributed by atoms with E-state index in [9.17, 15) is 12.8 Å². The van der Waals surface area contributed by atoms with Crippen molar-refractivity contribution >= 4 is 10.1 Å². The van der Waals surface area contributed by atoms with Crippen molar-refractivity contribution in [1.82, 2.24) is 0 Å². The maximum absolute atomic E-state index is 14.3. The molecule has 5 heteroatoms. The fraction of sp³-hybridized carbons (Fsp3) is 0.0526. The quantitative estimate of drug-likeness (QED) is 0.652. The Morgan fingerprint density at radius 1 is 0.875 bits per heavy atom. The number of aryl methyl sites for hydroxylation is 1. The van der Waals surface area contributed by atoms with E-state index >= 15 is 0 Å². The zero-order valence-electron chi connectivity index (χ0n) is 12.9. The lowest BCUT2D eigenvalue weighted by Crippen LogP contribution is -2.09. The van der Waals surface area contributed by atoms with Gasteiger partial charge in [-0.25, -0.2) is 4.39 Å². The molecule has 0 N–H and O–H groups in total. The third-order valence-electron chi connectivity index (χ3n) is 3.54. The molecule has 0 saturated carbocycles. The first-order chi connectivity index (χ1) is 11.5. The van der Waals surface area contributed by atoms with Crippen molar-refractivity contribution in [1.29, 1.82) is 0 Å². The normalized spacial score (nSPS) is 11.2. The van der Waals surface area contributed by atoms with Gasteiger partial charge in [0, 0.05) is 11.6 Å². The molecule has 0 spiro atoms. The second-order valence-corrected chi connectivity index (χ2v) is 6.90. The van der Waals surface area contributed by atoms with Crippen molar-refractivity contribution in [2.45, 2.75) is 11.8 Å². The van der Waals surface area contributed by atoms with Gasteiger partial charge < -0.3 is 4.18 Å². The fourth-order valence-corrected chi connectivity index (χ4v) is 3.20. The monoisotopic (exact) mass is 342 g/mol. The van der Waals surface area contributed by atoms with Crippen LogP contribution < -0.4 is 4.18 Å². The lowest BCUT2D eigenvalue weighted by Gasteiger charge is -2.09. The molecule has 3 aromatic rings. The molecule has 122 valence electrons. The molecule has 0 fully saturated rings. The van der Waals surface area contributed by atoms with Crippen LogP contribution in [0.3, 0.4) is 0 Å². The van der Waals surface area contributed by atoms with E-state index in [-0.39, 0.29) is 10.6 Å². The van der Waals surface area contributed by atoms with Crippen LogP contribution in [0.25, 0.3) is 11.1 Å². The van der Waals surface area contributed by atoms with Crippen molar-refractivity contribution in [3.05, 3.63) is 84.2 Å². The highest BCUT2D eigenvalue weighted by molar-refractivity contribution is 7.87. The molecule has 24 heavy (non-hydrogen) atoms. The number of hydrogen-bond acceptors (Lipinski definition) is 3. The van der Waals surface area contributed by atoms with Gasteiger partial charge in [0.25, 0.3) is 0 Å². The van der Waals surface area contributed by atoms with Crippen LogP contribution in [0.15, 0.2) is 77.7 Å². The Kier molecular flexibility index (Phi) is 4.36. The van der Waals surface area contributed by atoms with Gasteiger partial charge in [-0.3, -0.25) is 0 Å². The summed E-state index contributed by atoms with van der Waals surface area (Å²) < 4.78 is 43.8. The molecule has 0 radical (unpaired) electrons. The van der Waals surface area contributed by atoms with Crippen molar-refractivity contribution in [3.63, 3.8) is 0 Å². The Labute approximate surface area is 140 Å². The van der Waals surface area contributed by atoms with Crippen LogP contribution in [-0.2, 0) is 10.1 Å². The molecule has 0 atom stereocenters. The second-order valence-electron chi connectivity index (χ2n) is 5.36. The van der Waals surface area contributed by atoms with E-state index in [1.165, 1.54) is 24.3 Å². The molecule has 0 aliphatic carbocycles. The summed E-state index contributed by atoms with van der Waals surface area (Å²) in [7, 11) is -3.99. The maximum Gasteiger partial charge on any atom is 0.339 e. The van der Waals surface area contributed by atoms with Crippen LogP contribution in [0.1, 0.15) is 5.56 Å². The van der Waals surface area contributed by atoms with Gasteiger partial charge in [0.1, 0.15) is 16.5 Å². The summed E-state index contributed by atoms with van der Waals surface area (Å²) >= 11 is 0. The number of hydrogen-bond donors (Lipinski definition) is 0. The van der Waals surface area contributed by atoms with Gasteiger partial charge in [-0.2, -0.15) is 8.42 Å². The topological polar surface area (TPSA) is 43.4 Å². The summed E-state index contributed by atoms with van der Waals surface area (Å²) in [6, 6.07) is 19.3. The zero-order valence-corrected chi connectivity index (χ0v) is 13.8. The van der Waals surface area contributed by atoms with Gasteiger partial charge in [-0.05, 0) is 36.8 Å². The van der Waals surface area contributed by atoms with E-state index in [0.29, 0.717) is 11.1 Å². The summed E-state index contributed by atoms with van der Waals surface area (Å²) in [6.45, 7) is 1.86. The van der Waals surface area contributed by atoms with Crippen LogP contribution in [0.2, 0.25) is 0 Å². The third kappa shape index (κ3) is 3.46. The SMILES string of the molecule is Cc1ccc(S(=O)(=O)Oc2ccc(-c3ccccc3)c(F)c2)cc1. The molecule has 0 aromatic heterocycles. The Bertz CT molecular complexity index is 950. The van der Waals surface area contributed by atoms with Crippen LogP contribution in [0, 0.1) is 12.7 Å². The van der Waals surface area contributed by atoms with Gasteiger partial charge in [-0.1, -0.05) is 48.0 Å². The van der Waals surface area contributed by atoms with E-state index in [2.05, 4.69) is 0 Å². The average Bonchev–Trinajstić information content (AvgIpc) is 2.56. The van der Waals surface area contributed by atoms with Crippen LogP contribution >= 0.6 is 0 Å². The predicted octanol–water partition coefficient (Wildman–Crippen LogP) is 4.57. The van der Waals surface area contributed by atoms with Crippen LogP contribution in [0.5, 0.6) is 5.75 Å². The minimum atomic E-state index is -3.99. The molecule has 3 rings (SSSR count). The Hall–Kier alpha value is -2.66. The molecule has 3 aromatic carbocycles. The maximum atomic E-state index is 14.3. The molecule has 0 unspecified atom stereocenters. The molecule has 0 bridgehead atoms. The van der Waals surface area contributed by atoms with E-state index in [4.69, 9.17) is 4.18 Å². The van der Waals surface area contributed by atoms with E-state index in [1.54, 1.807) is 36.4 Å². The highest BCUT2D eigenvalue weighted by atomic mass is 32.2. The van der Waals surface area contributed by atoms with Gasteiger partial charge >= 0.3 is 10.1 Å². The highest BCUT2D eigenvalue weighted by Gasteiger charge is 2.17. The largest absolute Gasteiger partial charge is 0.379 e. The molecule has 0 aliphatic rings. The van der Waals surface area contributed by atoms with Gasteiger partial charge in [0.05, 0.1) is 0 Å². The lowest BCUT2D eigenvalue weighted by atomic mass is 10.1. The molecular weight excluding hydrogens is 327 g/mol. The first-order valence-electron chi connectivity index (χ1n) is 7.32. The van der Waals surface area contributed by atoms with Crippen molar-refractivity contribution < 1.29 is 17.0 Å². The number of benzene rings is 3. The summed E-state index contributed by atoms with van der Waals surface area (Å²) in [5.41, 5.74) is 2.03. The standard InChI is InChI=1S/C19H15FO3S/c1-14-7-10-17(11-8-14)24(21,22)23-16-9-12-18(19(20)13-16)15-5-3-2-4-6-15/h2-13H,1H3. The number of rotatable bonds is 4. The van der Waals surface area contributed by atoms with E-state index in [1.807, 2.05) is 13.0 Å². The summed E-state index contributed by atoms with van der Waals surface area (Å²) in [6.07, 6.45) is 0. The average molecular weight is 342 g/mol. The van der Waals surface area contributed by atoms with E-state index in [0.717, 1.165) is 11.6 Å². The highest BCUT2D eigenvalue weighted by Crippen LogP contribution is 2.27. The van der Waals surface area contributed by atoms with Crippen LogP contribution in [0.4, 0.5) is 4.39 Å². The minimum absolute atomic E-state index is 0.0284. The van der Waals surface area contributed by atoms with Crippen molar-refractivity contribution in [3.8, 4) is 16.9 Å². The molecule has 0 aliphatic heterocycles. The van der Waals surface area contributed by atoms with Gasteiger partial charge in [0.2, 0.25) is 0 Å². The summed E-state index contributed by atoms with van der Waals surface area (Å²) in [5.74, 6) is -0.606. The third-order valence-corrected chi connectivity index (χ3v) is 4.80. The van der Waals surface area contributed by atoms with Gasteiger partial charge in [0.15, 0.2) is 0 Å². The molecular formula is C19H15FO3S. The Morgan fingerprint density at radius 3 is 2.17 bits per heavy atom. The molecule has 0 heterocycles. The first-order valence-corrected chi connectivity index (χ1v) is 8.73. The summed E-state index contributed by atoms with van der Waals surface area (Å²) in [4.78, 5) is 0.0284. The second kappa shape index (κ2) is 6.45. The Balaban J connectivity index is 1.88. The molecule has 3 nitrogen and oxygen atoms in total. The summed E-state index contributed by atoms with van der Waals surface area (Å²) in [5, 5.41) is 0. The minimum Gasteiger partial charge on any atom is -0.379 e. The fourth-order valence-electron chi connectivity index (χ4n) is 2.28. The lowest BCUT2D eigenvalue weighted by molar-refractivity contribution is 0.483. The van der Waals surface area contributed by atoms with E-state index < -0.39 is 15.9 Å².